The maximum absolute atomic E-state index is 13.1. The van der Waals surface area contributed by atoms with Gasteiger partial charge in [-0.3, -0.25) is 9.78 Å². The van der Waals surface area contributed by atoms with Crippen LogP contribution in [-0.4, -0.2) is 45.6 Å². The van der Waals surface area contributed by atoms with Gasteiger partial charge in [0.25, 0.3) is 5.91 Å². The number of aromatic nitrogens is 3. The molecule has 0 saturated heterocycles. The maximum atomic E-state index is 13.1. The van der Waals surface area contributed by atoms with Crippen molar-refractivity contribution in [3.63, 3.8) is 0 Å². The number of H-pyrrole nitrogens is 1. The number of carbonyl (C=O) groups is 1. The molecule has 0 radical (unpaired) electrons. The summed E-state index contributed by atoms with van der Waals surface area (Å²) in [5.41, 5.74) is 4.14. The molecule has 7 nitrogen and oxygen atoms in total. The van der Waals surface area contributed by atoms with Crippen molar-refractivity contribution >= 4 is 16.9 Å². The van der Waals surface area contributed by atoms with Crippen LogP contribution in [0.2, 0.25) is 0 Å². The molecule has 1 amide bonds. The van der Waals surface area contributed by atoms with Gasteiger partial charge in [0.1, 0.15) is 5.82 Å². The van der Waals surface area contributed by atoms with E-state index in [1.54, 1.807) is 6.20 Å². The van der Waals surface area contributed by atoms with E-state index in [0.29, 0.717) is 24.4 Å². The quantitative estimate of drug-likeness (QED) is 0.515. The van der Waals surface area contributed by atoms with E-state index in [2.05, 4.69) is 15.0 Å². The van der Waals surface area contributed by atoms with Gasteiger partial charge >= 0.3 is 0 Å². The zero-order chi connectivity index (χ0) is 21.2. The van der Waals surface area contributed by atoms with Gasteiger partial charge in [-0.15, -0.1) is 0 Å². The van der Waals surface area contributed by atoms with Gasteiger partial charge < -0.3 is 19.4 Å². The van der Waals surface area contributed by atoms with E-state index in [4.69, 9.17) is 9.47 Å². The summed E-state index contributed by atoms with van der Waals surface area (Å²) in [6, 6.07) is 17.1. The first kappa shape index (κ1) is 19.1. The fourth-order valence-electron chi connectivity index (χ4n) is 3.70. The lowest BCUT2D eigenvalue weighted by atomic mass is 10.1. The van der Waals surface area contributed by atoms with E-state index in [9.17, 15) is 4.79 Å². The first-order valence-corrected chi connectivity index (χ1v) is 10.3. The summed E-state index contributed by atoms with van der Waals surface area (Å²) in [6.07, 6.45) is 2.50. The molecule has 1 N–H and O–H groups in total. The normalized spacial score (nSPS) is 12.3. The number of nitrogens with zero attached hydrogens (tertiary/aromatic N) is 3. The number of fused-ring (bicyclic) bond motifs is 2. The van der Waals surface area contributed by atoms with Crippen LogP contribution >= 0.6 is 0 Å². The van der Waals surface area contributed by atoms with E-state index < -0.39 is 0 Å². The third-order valence-corrected chi connectivity index (χ3v) is 5.41. The predicted molar refractivity (Wildman–Crippen MR) is 117 cm³/mol. The molecule has 1 aliphatic heterocycles. The molecular weight excluding hydrogens is 392 g/mol. The Bertz CT molecular complexity index is 1240. The third kappa shape index (κ3) is 3.82. The smallest absolute Gasteiger partial charge is 0.253 e. The maximum Gasteiger partial charge on any atom is 0.253 e. The van der Waals surface area contributed by atoms with Gasteiger partial charge in [-0.25, -0.2) is 4.98 Å². The number of imidazole rings is 1. The van der Waals surface area contributed by atoms with Crippen LogP contribution in [0.3, 0.4) is 0 Å². The molecule has 0 bridgehead atoms. The fourth-order valence-corrected chi connectivity index (χ4v) is 3.70. The van der Waals surface area contributed by atoms with Crippen molar-refractivity contribution in [3.8, 4) is 22.9 Å². The highest BCUT2D eigenvalue weighted by molar-refractivity contribution is 5.97. The summed E-state index contributed by atoms with van der Waals surface area (Å²) >= 11 is 0. The molecule has 0 unspecified atom stereocenters. The Balaban J connectivity index is 1.37. The molecular formula is C24H22N4O3. The van der Waals surface area contributed by atoms with Crippen LogP contribution in [0.4, 0.5) is 0 Å². The lowest BCUT2D eigenvalue weighted by Gasteiger charge is -2.20. The Hall–Kier alpha value is -3.87. The number of pyridine rings is 1. The van der Waals surface area contributed by atoms with E-state index in [0.717, 1.165) is 40.3 Å². The number of amides is 1. The van der Waals surface area contributed by atoms with Crippen molar-refractivity contribution in [2.45, 2.75) is 13.3 Å². The summed E-state index contributed by atoms with van der Waals surface area (Å²) < 4.78 is 10.8. The lowest BCUT2D eigenvalue weighted by Crippen LogP contribution is -2.32. The second kappa shape index (κ2) is 8.10. The molecule has 0 fully saturated rings. The van der Waals surface area contributed by atoms with Crippen LogP contribution < -0.4 is 9.47 Å². The first-order chi connectivity index (χ1) is 15.2. The molecule has 0 spiro atoms. The van der Waals surface area contributed by atoms with Crippen molar-refractivity contribution in [1.82, 2.24) is 19.9 Å². The van der Waals surface area contributed by atoms with Gasteiger partial charge in [-0.05, 0) is 55.5 Å². The second-order valence-electron chi connectivity index (χ2n) is 7.34. The van der Waals surface area contributed by atoms with Crippen molar-refractivity contribution in [2.75, 3.05) is 19.9 Å². The molecule has 5 rings (SSSR count). The fraction of sp³-hybridized carbons (Fsp3) is 0.208. The standard InChI is InChI=1S/C24H22N4O3/c1-2-28(12-10-18-5-3-4-11-25-18)24(29)17-6-8-19-20(13-17)27-23(26-19)16-7-9-21-22(14-16)31-15-30-21/h3-9,11,13-14H,2,10,12,15H2,1H3,(H,26,27). The largest absolute Gasteiger partial charge is 0.454 e. The number of hydrogen-bond acceptors (Lipinski definition) is 5. The number of hydrogen-bond donors (Lipinski definition) is 1. The summed E-state index contributed by atoms with van der Waals surface area (Å²) in [7, 11) is 0. The molecule has 7 heteroatoms. The summed E-state index contributed by atoms with van der Waals surface area (Å²) in [5.74, 6) is 2.17. The Morgan fingerprint density at radius 2 is 2.00 bits per heavy atom. The van der Waals surface area contributed by atoms with Gasteiger partial charge in [0, 0.05) is 42.5 Å². The monoisotopic (exact) mass is 414 g/mol. The first-order valence-electron chi connectivity index (χ1n) is 10.3. The molecule has 2 aromatic carbocycles. The van der Waals surface area contributed by atoms with Crippen LogP contribution in [0.5, 0.6) is 11.5 Å². The Morgan fingerprint density at radius 3 is 2.84 bits per heavy atom. The van der Waals surface area contributed by atoms with Gasteiger partial charge in [0.2, 0.25) is 6.79 Å². The number of rotatable bonds is 6. The SMILES string of the molecule is CCN(CCc1ccccn1)C(=O)c1ccc2nc(-c3ccc4c(c3)OCO4)[nH]c2c1. The van der Waals surface area contributed by atoms with E-state index >= 15 is 0 Å². The van der Waals surface area contributed by atoms with Gasteiger partial charge in [-0.1, -0.05) is 6.07 Å². The lowest BCUT2D eigenvalue weighted by molar-refractivity contribution is 0.0766. The highest BCUT2D eigenvalue weighted by Crippen LogP contribution is 2.35. The van der Waals surface area contributed by atoms with Gasteiger partial charge in [-0.2, -0.15) is 0 Å². The van der Waals surface area contributed by atoms with Crippen LogP contribution in [0.15, 0.2) is 60.8 Å². The minimum Gasteiger partial charge on any atom is -0.454 e. The highest BCUT2D eigenvalue weighted by atomic mass is 16.7. The number of likely N-dealkylation sites (N-methyl/N-ethyl adjacent to an activating group) is 1. The minimum absolute atomic E-state index is 0.000407. The van der Waals surface area contributed by atoms with Crippen LogP contribution in [-0.2, 0) is 6.42 Å². The summed E-state index contributed by atoms with van der Waals surface area (Å²) in [5, 5.41) is 0. The van der Waals surface area contributed by atoms with Crippen molar-refractivity contribution in [2.24, 2.45) is 0 Å². The number of nitrogens with one attached hydrogen (secondary N) is 1. The topological polar surface area (TPSA) is 80.3 Å². The number of benzene rings is 2. The van der Waals surface area contributed by atoms with Crippen molar-refractivity contribution in [3.05, 3.63) is 72.1 Å². The van der Waals surface area contributed by atoms with E-state index in [1.165, 1.54) is 0 Å². The molecule has 2 aromatic heterocycles. The average Bonchev–Trinajstić information content (AvgIpc) is 3.45. The molecule has 4 aromatic rings. The molecule has 0 saturated carbocycles. The number of aromatic amines is 1. The van der Waals surface area contributed by atoms with E-state index in [-0.39, 0.29) is 12.7 Å². The van der Waals surface area contributed by atoms with Crippen molar-refractivity contribution in [1.29, 1.82) is 0 Å². The molecule has 0 aliphatic carbocycles. The predicted octanol–water partition coefficient (Wildman–Crippen LogP) is 4.06. The van der Waals surface area contributed by atoms with Crippen LogP contribution in [0, 0.1) is 0 Å². The van der Waals surface area contributed by atoms with Crippen molar-refractivity contribution < 1.29 is 14.3 Å². The van der Waals surface area contributed by atoms with Gasteiger partial charge in [0.15, 0.2) is 11.5 Å². The summed E-state index contributed by atoms with van der Waals surface area (Å²) in [6.45, 7) is 3.48. The molecule has 31 heavy (non-hydrogen) atoms. The molecule has 3 heterocycles. The zero-order valence-electron chi connectivity index (χ0n) is 17.2. The zero-order valence-corrected chi connectivity index (χ0v) is 17.2. The molecule has 0 atom stereocenters. The Kier molecular flexibility index (Phi) is 5.00. The molecule has 1 aliphatic rings. The van der Waals surface area contributed by atoms with Crippen LogP contribution in [0.25, 0.3) is 22.4 Å². The number of ether oxygens (including phenoxy) is 2. The Labute approximate surface area is 179 Å². The summed E-state index contributed by atoms with van der Waals surface area (Å²) in [4.78, 5) is 27.3. The number of carbonyl (C=O) groups excluding carboxylic acids is 1. The third-order valence-electron chi connectivity index (χ3n) is 5.41. The van der Waals surface area contributed by atoms with Gasteiger partial charge in [0.05, 0.1) is 11.0 Å². The van der Waals surface area contributed by atoms with E-state index in [1.807, 2.05) is 66.4 Å². The second-order valence-corrected chi connectivity index (χ2v) is 7.34. The average molecular weight is 414 g/mol. The van der Waals surface area contributed by atoms with Crippen LogP contribution in [0.1, 0.15) is 23.0 Å². The molecule has 156 valence electrons. The highest BCUT2D eigenvalue weighted by Gasteiger charge is 2.18. The minimum atomic E-state index is -0.000407. The Morgan fingerprint density at radius 1 is 1.10 bits per heavy atom.